The smallest absolute Gasteiger partial charge is 0.0192 e. The van der Waals surface area contributed by atoms with Gasteiger partial charge in [-0.2, -0.15) is 0 Å². The summed E-state index contributed by atoms with van der Waals surface area (Å²) in [6.45, 7) is 9.70. The van der Waals surface area contributed by atoms with E-state index in [0.717, 1.165) is 12.6 Å². The van der Waals surface area contributed by atoms with Crippen molar-refractivity contribution in [1.82, 2.24) is 15.5 Å². The average Bonchev–Trinajstić information content (AvgIpc) is 2.82. The second-order valence-electron chi connectivity index (χ2n) is 6.64. The van der Waals surface area contributed by atoms with Crippen LogP contribution in [0, 0.1) is 0 Å². The Morgan fingerprint density at radius 1 is 1.11 bits per heavy atom. The lowest BCUT2D eigenvalue weighted by molar-refractivity contribution is 0.243. The molecule has 3 unspecified atom stereocenters. The zero-order valence-electron chi connectivity index (χ0n) is 13.0. The Labute approximate surface area is 119 Å². The molecule has 0 aromatic carbocycles. The minimum Gasteiger partial charge on any atom is -0.314 e. The van der Waals surface area contributed by atoms with Crippen molar-refractivity contribution in [3.05, 3.63) is 0 Å². The van der Waals surface area contributed by atoms with Crippen molar-refractivity contribution in [2.24, 2.45) is 0 Å². The molecule has 2 fully saturated rings. The van der Waals surface area contributed by atoms with Gasteiger partial charge in [-0.15, -0.1) is 0 Å². The summed E-state index contributed by atoms with van der Waals surface area (Å²) in [7, 11) is 0. The van der Waals surface area contributed by atoms with Gasteiger partial charge < -0.3 is 10.6 Å². The number of nitrogens with one attached hydrogen (secondary N) is 2. The van der Waals surface area contributed by atoms with E-state index in [-0.39, 0.29) is 0 Å². The van der Waals surface area contributed by atoms with E-state index in [0.29, 0.717) is 12.1 Å². The number of hydrogen-bond acceptors (Lipinski definition) is 3. The Hall–Kier alpha value is -0.120. The van der Waals surface area contributed by atoms with Crippen LogP contribution in [0.2, 0.25) is 0 Å². The van der Waals surface area contributed by atoms with Crippen LogP contribution in [-0.4, -0.2) is 49.2 Å². The molecular formula is C16H33N3. The first-order valence-electron chi connectivity index (χ1n) is 8.46. The molecule has 2 aliphatic rings. The van der Waals surface area contributed by atoms with E-state index in [1.54, 1.807) is 0 Å². The minimum atomic E-state index is 0.639. The van der Waals surface area contributed by atoms with E-state index in [1.165, 1.54) is 64.6 Å². The fourth-order valence-corrected chi connectivity index (χ4v) is 3.50. The van der Waals surface area contributed by atoms with E-state index < -0.39 is 0 Å². The summed E-state index contributed by atoms with van der Waals surface area (Å²) >= 11 is 0. The topological polar surface area (TPSA) is 27.3 Å². The monoisotopic (exact) mass is 267 g/mol. The van der Waals surface area contributed by atoms with Crippen LogP contribution in [-0.2, 0) is 0 Å². The predicted molar refractivity (Wildman–Crippen MR) is 82.6 cm³/mol. The van der Waals surface area contributed by atoms with Gasteiger partial charge in [0.2, 0.25) is 0 Å². The second-order valence-corrected chi connectivity index (χ2v) is 6.64. The third-order valence-electron chi connectivity index (χ3n) is 4.83. The van der Waals surface area contributed by atoms with Crippen LogP contribution in [0.25, 0.3) is 0 Å². The first kappa shape index (κ1) is 15.3. The molecule has 3 nitrogen and oxygen atoms in total. The molecule has 0 saturated carbocycles. The SMILES string of the molecule is CC(CC1CCCCCN1)NCC(C)N1CCCC1. The van der Waals surface area contributed by atoms with Crippen LogP contribution in [0.15, 0.2) is 0 Å². The van der Waals surface area contributed by atoms with E-state index >= 15 is 0 Å². The molecule has 0 aromatic rings. The van der Waals surface area contributed by atoms with Crippen molar-refractivity contribution >= 4 is 0 Å². The second kappa shape index (κ2) is 8.23. The zero-order chi connectivity index (χ0) is 13.5. The maximum Gasteiger partial charge on any atom is 0.0192 e. The lowest BCUT2D eigenvalue weighted by Crippen LogP contribution is -2.43. The van der Waals surface area contributed by atoms with Gasteiger partial charge in [-0.05, 0) is 65.6 Å². The Balaban J connectivity index is 1.61. The number of rotatable bonds is 6. The van der Waals surface area contributed by atoms with Gasteiger partial charge in [0.1, 0.15) is 0 Å². The molecule has 112 valence electrons. The van der Waals surface area contributed by atoms with Gasteiger partial charge in [-0.25, -0.2) is 0 Å². The number of likely N-dealkylation sites (tertiary alicyclic amines) is 1. The molecule has 2 rings (SSSR count). The van der Waals surface area contributed by atoms with Crippen LogP contribution in [0.3, 0.4) is 0 Å². The number of hydrogen-bond donors (Lipinski definition) is 2. The molecule has 2 aliphatic heterocycles. The zero-order valence-corrected chi connectivity index (χ0v) is 13.0. The molecular weight excluding hydrogens is 234 g/mol. The fourth-order valence-electron chi connectivity index (χ4n) is 3.50. The number of nitrogens with zero attached hydrogens (tertiary/aromatic N) is 1. The van der Waals surface area contributed by atoms with Gasteiger partial charge in [0, 0.05) is 24.7 Å². The highest BCUT2D eigenvalue weighted by molar-refractivity contribution is 4.79. The van der Waals surface area contributed by atoms with Gasteiger partial charge in [0.05, 0.1) is 0 Å². The summed E-state index contributed by atoms with van der Waals surface area (Å²) in [5.74, 6) is 0. The molecule has 0 amide bonds. The third-order valence-corrected chi connectivity index (χ3v) is 4.83. The molecule has 0 spiro atoms. The molecule has 0 aliphatic carbocycles. The summed E-state index contributed by atoms with van der Waals surface area (Å²) in [5, 5.41) is 7.45. The van der Waals surface area contributed by atoms with Gasteiger partial charge in [0.15, 0.2) is 0 Å². The van der Waals surface area contributed by atoms with Crippen molar-refractivity contribution in [2.75, 3.05) is 26.2 Å². The molecule has 19 heavy (non-hydrogen) atoms. The maximum atomic E-state index is 3.75. The standard InChI is InChI=1S/C16H33N3/c1-14(12-16-8-4-3-5-9-17-16)18-13-15(2)19-10-6-7-11-19/h14-18H,3-13H2,1-2H3. The minimum absolute atomic E-state index is 0.639. The van der Waals surface area contributed by atoms with Gasteiger partial charge in [-0.3, -0.25) is 4.90 Å². The molecule has 3 heteroatoms. The largest absolute Gasteiger partial charge is 0.314 e. The summed E-state index contributed by atoms with van der Waals surface area (Å²) < 4.78 is 0. The van der Waals surface area contributed by atoms with Crippen molar-refractivity contribution < 1.29 is 0 Å². The summed E-state index contributed by atoms with van der Waals surface area (Å²) in [4.78, 5) is 2.63. The van der Waals surface area contributed by atoms with E-state index in [4.69, 9.17) is 0 Å². The Kier molecular flexibility index (Phi) is 6.62. The Morgan fingerprint density at radius 3 is 2.68 bits per heavy atom. The predicted octanol–water partition coefficient (Wildman–Crippen LogP) is 2.37. The lowest BCUT2D eigenvalue weighted by atomic mass is 10.0. The molecule has 0 aromatic heterocycles. The Morgan fingerprint density at radius 2 is 1.89 bits per heavy atom. The van der Waals surface area contributed by atoms with Crippen molar-refractivity contribution in [1.29, 1.82) is 0 Å². The van der Waals surface area contributed by atoms with Crippen molar-refractivity contribution in [3.63, 3.8) is 0 Å². The molecule has 0 radical (unpaired) electrons. The molecule has 3 atom stereocenters. The fraction of sp³-hybridized carbons (Fsp3) is 1.00. The molecule has 0 bridgehead atoms. The first-order chi connectivity index (χ1) is 9.25. The Bertz CT molecular complexity index is 230. The van der Waals surface area contributed by atoms with Gasteiger partial charge in [0.25, 0.3) is 0 Å². The lowest BCUT2D eigenvalue weighted by Gasteiger charge is -2.27. The average molecular weight is 267 g/mol. The summed E-state index contributed by atoms with van der Waals surface area (Å²) in [5.41, 5.74) is 0. The summed E-state index contributed by atoms with van der Waals surface area (Å²) in [6, 6.07) is 2.08. The van der Waals surface area contributed by atoms with E-state index in [9.17, 15) is 0 Å². The van der Waals surface area contributed by atoms with Crippen molar-refractivity contribution in [2.45, 2.75) is 76.9 Å². The summed E-state index contributed by atoms with van der Waals surface area (Å²) in [6.07, 6.45) is 9.63. The normalized spacial score (nSPS) is 29.1. The van der Waals surface area contributed by atoms with Gasteiger partial charge in [-0.1, -0.05) is 12.8 Å². The van der Waals surface area contributed by atoms with E-state index in [1.807, 2.05) is 0 Å². The van der Waals surface area contributed by atoms with Gasteiger partial charge >= 0.3 is 0 Å². The van der Waals surface area contributed by atoms with Crippen molar-refractivity contribution in [3.8, 4) is 0 Å². The van der Waals surface area contributed by atoms with Crippen LogP contribution < -0.4 is 10.6 Å². The van der Waals surface area contributed by atoms with Crippen LogP contribution >= 0.6 is 0 Å². The highest BCUT2D eigenvalue weighted by Gasteiger charge is 2.19. The third kappa shape index (κ3) is 5.41. The molecule has 2 N–H and O–H groups in total. The van der Waals surface area contributed by atoms with Crippen LogP contribution in [0.5, 0.6) is 0 Å². The van der Waals surface area contributed by atoms with E-state index in [2.05, 4.69) is 29.4 Å². The molecule has 2 heterocycles. The quantitative estimate of drug-likeness (QED) is 0.774. The van der Waals surface area contributed by atoms with Crippen LogP contribution in [0.1, 0.15) is 58.8 Å². The highest BCUT2D eigenvalue weighted by atomic mass is 15.2. The highest BCUT2D eigenvalue weighted by Crippen LogP contribution is 2.13. The first-order valence-corrected chi connectivity index (χ1v) is 8.46. The molecule has 2 saturated heterocycles. The van der Waals surface area contributed by atoms with Crippen LogP contribution in [0.4, 0.5) is 0 Å². The maximum absolute atomic E-state index is 3.75.